The molecule has 0 fully saturated rings. The van der Waals surface area contributed by atoms with Gasteiger partial charge in [0.1, 0.15) is 5.75 Å². The van der Waals surface area contributed by atoms with Gasteiger partial charge in [0.15, 0.2) is 0 Å². The molecule has 1 aromatic rings. The average molecular weight is 189 g/mol. The van der Waals surface area contributed by atoms with Crippen LogP contribution in [0, 0.1) is 0 Å². The molecule has 0 bridgehead atoms. The van der Waals surface area contributed by atoms with Crippen molar-refractivity contribution in [2.75, 3.05) is 12.8 Å². The van der Waals surface area contributed by atoms with Crippen molar-refractivity contribution in [1.29, 1.82) is 0 Å². The fourth-order valence-electron chi connectivity index (χ4n) is 0.666. The minimum Gasteiger partial charge on any atom is -0.495 e. The van der Waals surface area contributed by atoms with Gasteiger partial charge < -0.3 is 10.5 Å². The first-order valence-corrected chi connectivity index (χ1v) is 2.73. The van der Waals surface area contributed by atoms with Crippen LogP contribution in [0.4, 0.5) is 5.69 Å². The van der Waals surface area contributed by atoms with Gasteiger partial charge in [0, 0.05) is 19.5 Å². The van der Waals surface area contributed by atoms with Crippen molar-refractivity contribution in [2.45, 2.75) is 0 Å². The maximum absolute atomic E-state index is 5.51. The van der Waals surface area contributed by atoms with Crippen LogP contribution in [0.5, 0.6) is 5.75 Å². The SMILES string of the molecule is COc1ccccc1N.[Zn]. The summed E-state index contributed by atoms with van der Waals surface area (Å²) in [5.41, 5.74) is 6.19. The average Bonchev–Trinajstić information content (AvgIpc) is 1.89. The first-order chi connectivity index (χ1) is 4.34. The van der Waals surface area contributed by atoms with Gasteiger partial charge in [-0.3, -0.25) is 0 Å². The number of hydrogen-bond acceptors (Lipinski definition) is 2. The van der Waals surface area contributed by atoms with E-state index in [0.717, 1.165) is 5.75 Å². The van der Waals surface area contributed by atoms with Crippen LogP contribution < -0.4 is 10.5 Å². The van der Waals surface area contributed by atoms with Crippen molar-refractivity contribution >= 4 is 5.69 Å². The fraction of sp³-hybridized carbons (Fsp3) is 0.143. The van der Waals surface area contributed by atoms with E-state index in [1.54, 1.807) is 13.2 Å². The number of nitrogens with two attached hydrogens (primary N) is 1. The Balaban J connectivity index is 0.000000810. The molecule has 0 saturated heterocycles. The van der Waals surface area contributed by atoms with Gasteiger partial charge >= 0.3 is 0 Å². The van der Waals surface area contributed by atoms with Crippen LogP contribution in [0.15, 0.2) is 24.3 Å². The Morgan fingerprint density at radius 2 is 1.90 bits per heavy atom. The quantitative estimate of drug-likeness (QED) is 0.532. The van der Waals surface area contributed by atoms with E-state index in [1.807, 2.05) is 18.2 Å². The molecule has 2 N–H and O–H groups in total. The molecule has 0 aromatic heterocycles. The second-order valence-electron chi connectivity index (χ2n) is 1.74. The second kappa shape index (κ2) is 4.29. The fourth-order valence-corrected chi connectivity index (χ4v) is 0.666. The smallest absolute Gasteiger partial charge is 0.141 e. The third-order valence-corrected chi connectivity index (χ3v) is 1.14. The Bertz CT molecular complexity index is 203. The van der Waals surface area contributed by atoms with E-state index in [2.05, 4.69) is 0 Å². The molecular weight excluding hydrogens is 179 g/mol. The number of benzene rings is 1. The van der Waals surface area contributed by atoms with Gasteiger partial charge in [-0.25, -0.2) is 0 Å². The topological polar surface area (TPSA) is 35.2 Å². The Morgan fingerprint density at radius 3 is 2.30 bits per heavy atom. The van der Waals surface area contributed by atoms with E-state index in [9.17, 15) is 0 Å². The van der Waals surface area contributed by atoms with Crippen molar-refractivity contribution in [3.8, 4) is 5.75 Å². The van der Waals surface area contributed by atoms with Crippen molar-refractivity contribution < 1.29 is 24.2 Å². The van der Waals surface area contributed by atoms with Gasteiger partial charge in [0.25, 0.3) is 0 Å². The van der Waals surface area contributed by atoms with Crippen LogP contribution in [0.1, 0.15) is 0 Å². The first-order valence-electron chi connectivity index (χ1n) is 2.73. The molecule has 0 spiro atoms. The normalized spacial score (nSPS) is 8.10. The number of anilines is 1. The summed E-state index contributed by atoms with van der Waals surface area (Å²) in [4.78, 5) is 0. The molecule has 0 amide bonds. The van der Waals surface area contributed by atoms with E-state index in [0.29, 0.717) is 5.69 Å². The van der Waals surface area contributed by atoms with E-state index < -0.39 is 0 Å². The van der Waals surface area contributed by atoms with Gasteiger partial charge in [-0.05, 0) is 12.1 Å². The Labute approximate surface area is 73.1 Å². The zero-order valence-electron chi connectivity index (χ0n) is 6.00. The molecule has 1 rings (SSSR count). The number of rotatable bonds is 1. The molecule has 10 heavy (non-hydrogen) atoms. The minimum atomic E-state index is 0. The summed E-state index contributed by atoms with van der Waals surface area (Å²) >= 11 is 0. The van der Waals surface area contributed by atoms with Gasteiger partial charge in [-0.15, -0.1) is 0 Å². The molecule has 0 radical (unpaired) electrons. The van der Waals surface area contributed by atoms with E-state index in [4.69, 9.17) is 10.5 Å². The largest absolute Gasteiger partial charge is 0.495 e. The molecule has 0 heterocycles. The van der Waals surface area contributed by atoms with Crippen molar-refractivity contribution in [3.05, 3.63) is 24.3 Å². The molecule has 1 aromatic carbocycles. The third-order valence-electron chi connectivity index (χ3n) is 1.14. The standard InChI is InChI=1S/C7H9NO.Zn/c1-9-7-5-3-2-4-6(7)8;/h2-5H,8H2,1H3;. The maximum atomic E-state index is 5.51. The zero-order chi connectivity index (χ0) is 6.69. The predicted octanol–water partition coefficient (Wildman–Crippen LogP) is 1.27. The summed E-state index contributed by atoms with van der Waals surface area (Å²) in [6, 6.07) is 7.39. The van der Waals surface area contributed by atoms with Crippen molar-refractivity contribution in [2.24, 2.45) is 0 Å². The van der Waals surface area contributed by atoms with Crippen LogP contribution in [0.3, 0.4) is 0 Å². The summed E-state index contributed by atoms with van der Waals surface area (Å²) in [5.74, 6) is 0.734. The van der Waals surface area contributed by atoms with Gasteiger partial charge in [0.2, 0.25) is 0 Å². The molecule has 3 heteroatoms. The number of para-hydroxylation sites is 2. The van der Waals surface area contributed by atoms with E-state index in [-0.39, 0.29) is 19.5 Å². The Morgan fingerprint density at radius 1 is 1.30 bits per heavy atom. The zero-order valence-corrected chi connectivity index (χ0v) is 8.97. The first kappa shape index (κ1) is 9.44. The van der Waals surface area contributed by atoms with Gasteiger partial charge in [0.05, 0.1) is 12.8 Å². The maximum Gasteiger partial charge on any atom is 0.141 e. The molecule has 0 aliphatic heterocycles. The van der Waals surface area contributed by atoms with Crippen LogP contribution in [0.25, 0.3) is 0 Å². The number of hydrogen-bond donors (Lipinski definition) is 1. The van der Waals surface area contributed by atoms with Crippen molar-refractivity contribution in [3.63, 3.8) is 0 Å². The Kier molecular flexibility index (Phi) is 4.05. The molecule has 0 unspecified atom stereocenters. The summed E-state index contributed by atoms with van der Waals surface area (Å²) in [5, 5.41) is 0. The summed E-state index contributed by atoms with van der Waals surface area (Å²) in [6.45, 7) is 0. The van der Waals surface area contributed by atoms with Crippen LogP contribution in [0.2, 0.25) is 0 Å². The minimum absolute atomic E-state index is 0. The number of methoxy groups -OCH3 is 1. The van der Waals surface area contributed by atoms with Gasteiger partial charge in [-0.2, -0.15) is 0 Å². The Hall–Kier alpha value is -0.557. The molecular formula is C7H9NOZn. The predicted molar refractivity (Wildman–Crippen MR) is 37.4 cm³/mol. The monoisotopic (exact) mass is 187 g/mol. The van der Waals surface area contributed by atoms with E-state index >= 15 is 0 Å². The molecule has 0 atom stereocenters. The molecule has 2 nitrogen and oxygen atoms in total. The second-order valence-corrected chi connectivity index (χ2v) is 1.74. The molecule has 50 valence electrons. The van der Waals surface area contributed by atoms with Crippen LogP contribution >= 0.6 is 0 Å². The summed E-state index contributed by atoms with van der Waals surface area (Å²) in [6.07, 6.45) is 0. The molecule has 0 aliphatic rings. The van der Waals surface area contributed by atoms with Crippen LogP contribution in [-0.2, 0) is 19.5 Å². The van der Waals surface area contributed by atoms with Gasteiger partial charge in [-0.1, -0.05) is 12.1 Å². The van der Waals surface area contributed by atoms with Crippen LogP contribution in [-0.4, -0.2) is 7.11 Å². The summed E-state index contributed by atoms with van der Waals surface area (Å²) in [7, 11) is 1.60. The van der Waals surface area contributed by atoms with Crippen molar-refractivity contribution in [1.82, 2.24) is 0 Å². The number of nitrogen functional groups attached to an aromatic ring is 1. The third kappa shape index (κ3) is 2.00. The summed E-state index contributed by atoms with van der Waals surface area (Å²) < 4.78 is 4.92. The molecule has 0 aliphatic carbocycles. The van der Waals surface area contributed by atoms with E-state index in [1.165, 1.54) is 0 Å². The number of ether oxygens (including phenoxy) is 1. The molecule has 0 saturated carbocycles.